The van der Waals surface area contributed by atoms with E-state index in [0.717, 1.165) is 0 Å². The molecule has 1 saturated heterocycles. The lowest BCUT2D eigenvalue weighted by atomic mass is 9.92. The maximum atomic E-state index is 12.2. The highest BCUT2D eigenvalue weighted by molar-refractivity contribution is 6.05. The lowest BCUT2D eigenvalue weighted by molar-refractivity contribution is -0.136. The molecule has 1 saturated carbocycles. The SMILES string of the molecule is CC1(C)CCCC1.O=C1CCC(N2Cc3cc(OF)ccc3C2=O)C(=O)N1. The number of imide groups is 1. The fourth-order valence-electron chi connectivity index (χ4n) is 3.93. The van der Waals surface area contributed by atoms with Gasteiger partial charge in [-0.25, -0.2) is 0 Å². The zero-order valence-corrected chi connectivity index (χ0v) is 15.7. The molecule has 0 spiro atoms. The van der Waals surface area contributed by atoms with Crippen LogP contribution >= 0.6 is 0 Å². The van der Waals surface area contributed by atoms with Gasteiger partial charge in [-0.05, 0) is 48.4 Å². The molecule has 2 fully saturated rings. The van der Waals surface area contributed by atoms with E-state index in [1.54, 1.807) is 0 Å². The topological polar surface area (TPSA) is 75.7 Å². The molecule has 1 aliphatic carbocycles. The highest BCUT2D eigenvalue weighted by atomic mass is 19.3. The van der Waals surface area contributed by atoms with E-state index in [0.29, 0.717) is 23.0 Å². The molecular weight excluding hydrogens is 351 g/mol. The van der Waals surface area contributed by atoms with E-state index in [1.165, 1.54) is 48.8 Å². The number of rotatable bonds is 2. The Morgan fingerprint density at radius 2 is 1.89 bits per heavy atom. The maximum Gasteiger partial charge on any atom is 0.255 e. The van der Waals surface area contributed by atoms with Gasteiger partial charge in [-0.2, -0.15) is 0 Å². The third kappa shape index (κ3) is 4.28. The number of nitrogens with one attached hydrogen (secondary N) is 1. The fraction of sp³-hybridized carbons (Fsp3) is 0.550. The van der Waals surface area contributed by atoms with Gasteiger partial charge in [0.2, 0.25) is 11.8 Å². The Kier molecular flexibility index (Phi) is 5.48. The molecule has 4 rings (SSSR count). The third-order valence-corrected chi connectivity index (χ3v) is 5.54. The zero-order valence-electron chi connectivity index (χ0n) is 15.7. The van der Waals surface area contributed by atoms with Crippen molar-refractivity contribution >= 4 is 17.7 Å². The first-order chi connectivity index (χ1) is 12.8. The Bertz CT molecular complexity index is 754. The van der Waals surface area contributed by atoms with Crippen LogP contribution in [0.15, 0.2) is 18.2 Å². The van der Waals surface area contributed by atoms with Crippen molar-refractivity contribution < 1.29 is 23.9 Å². The lowest BCUT2D eigenvalue weighted by Gasteiger charge is -2.29. The van der Waals surface area contributed by atoms with Crippen molar-refractivity contribution in [3.63, 3.8) is 0 Å². The van der Waals surface area contributed by atoms with E-state index in [2.05, 4.69) is 24.1 Å². The van der Waals surface area contributed by atoms with E-state index in [9.17, 15) is 18.9 Å². The van der Waals surface area contributed by atoms with Gasteiger partial charge < -0.3 is 4.90 Å². The molecule has 2 heterocycles. The number of carbonyl (C=O) groups is 3. The average Bonchev–Trinajstić information content (AvgIpc) is 3.18. The van der Waals surface area contributed by atoms with Crippen molar-refractivity contribution in [2.45, 2.75) is 65.0 Å². The van der Waals surface area contributed by atoms with Crippen molar-refractivity contribution in [2.24, 2.45) is 5.41 Å². The van der Waals surface area contributed by atoms with Gasteiger partial charge in [0, 0.05) is 23.1 Å². The summed E-state index contributed by atoms with van der Waals surface area (Å²) in [7, 11) is 0. The first kappa shape index (κ1) is 19.3. The van der Waals surface area contributed by atoms with Crippen LogP contribution in [0, 0.1) is 5.41 Å². The van der Waals surface area contributed by atoms with Gasteiger partial charge in [-0.15, -0.1) is 0 Å². The Morgan fingerprint density at radius 3 is 2.44 bits per heavy atom. The number of nitrogens with zero attached hydrogens (tertiary/aromatic N) is 1. The summed E-state index contributed by atoms with van der Waals surface area (Å²) in [6, 6.07) is 3.59. The Hall–Kier alpha value is -2.44. The molecule has 2 aliphatic heterocycles. The maximum absolute atomic E-state index is 12.2. The molecule has 0 bridgehead atoms. The number of hydrogen-bond donors (Lipinski definition) is 1. The number of hydrogen-bond acceptors (Lipinski definition) is 4. The predicted octanol–water partition coefficient (Wildman–Crippen LogP) is 3.30. The van der Waals surface area contributed by atoms with Crippen molar-refractivity contribution in [2.75, 3.05) is 0 Å². The molecule has 1 aromatic rings. The standard InChI is InChI=1S/C13H11FN2O4.C7H14/c14-20-8-1-2-9-7(5-8)6-16(13(9)19)10-3-4-11(17)15-12(10)18;1-7(2)5-3-4-6-7/h1-2,5,10H,3-4,6H2,(H,15,17,18);3-6H2,1-2H3. The second-order valence-electron chi connectivity index (χ2n) is 8.17. The summed E-state index contributed by atoms with van der Waals surface area (Å²) in [6.45, 7) is 4.93. The molecular formula is C20H25FN2O4. The van der Waals surface area contributed by atoms with E-state index in [-0.39, 0.29) is 30.5 Å². The van der Waals surface area contributed by atoms with E-state index >= 15 is 0 Å². The summed E-state index contributed by atoms with van der Waals surface area (Å²) in [5.41, 5.74) is 1.73. The summed E-state index contributed by atoms with van der Waals surface area (Å²) < 4.78 is 12.1. The summed E-state index contributed by atoms with van der Waals surface area (Å²) in [5, 5.41) is 2.22. The molecule has 1 unspecified atom stereocenters. The minimum Gasteiger partial charge on any atom is -0.322 e. The van der Waals surface area contributed by atoms with Gasteiger partial charge in [0.05, 0.1) is 0 Å². The first-order valence-corrected chi connectivity index (χ1v) is 9.37. The van der Waals surface area contributed by atoms with Gasteiger partial charge in [-0.3, -0.25) is 24.6 Å². The van der Waals surface area contributed by atoms with Gasteiger partial charge in [0.25, 0.3) is 5.91 Å². The molecule has 3 aliphatic rings. The van der Waals surface area contributed by atoms with Gasteiger partial charge >= 0.3 is 0 Å². The lowest BCUT2D eigenvalue weighted by Crippen LogP contribution is -2.52. The first-order valence-electron chi connectivity index (χ1n) is 9.37. The van der Waals surface area contributed by atoms with Gasteiger partial charge in [-0.1, -0.05) is 26.7 Å². The predicted molar refractivity (Wildman–Crippen MR) is 96.5 cm³/mol. The number of fused-ring (bicyclic) bond motifs is 1. The second kappa shape index (κ2) is 7.66. The van der Waals surface area contributed by atoms with E-state index in [4.69, 9.17) is 0 Å². The van der Waals surface area contributed by atoms with Crippen LogP contribution in [0.25, 0.3) is 0 Å². The third-order valence-electron chi connectivity index (χ3n) is 5.54. The zero-order chi connectivity index (χ0) is 19.6. The molecule has 7 heteroatoms. The highest BCUT2D eigenvalue weighted by Crippen LogP contribution is 2.36. The number of piperidine rings is 1. The Labute approximate surface area is 158 Å². The fourth-order valence-corrected chi connectivity index (χ4v) is 3.93. The number of carbonyl (C=O) groups excluding carboxylic acids is 3. The van der Waals surface area contributed by atoms with Crippen LogP contribution < -0.4 is 10.3 Å². The average molecular weight is 376 g/mol. The summed E-state index contributed by atoms with van der Waals surface area (Å²) >= 11 is 0. The van der Waals surface area contributed by atoms with Crippen LogP contribution in [0.5, 0.6) is 5.75 Å². The second-order valence-corrected chi connectivity index (χ2v) is 8.17. The number of benzene rings is 1. The molecule has 27 heavy (non-hydrogen) atoms. The van der Waals surface area contributed by atoms with Gasteiger partial charge in [0.1, 0.15) is 6.04 Å². The molecule has 1 N–H and O–H groups in total. The van der Waals surface area contributed by atoms with Crippen molar-refractivity contribution in [3.05, 3.63) is 29.3 Å². The highest BCUT2D eigenvalue weighted by Gasteiger charge is 2.39. The Balaban J connectivity index is 0.000000253. The summed E-state index contributed by atoms with van der Waals surface area (Å²) in [4.78, 5) is 40.2. The monoisotopic (exact) mass is 376 g/mol. The molecule has 1 aromatic carbocycles. The smallest absolute Gasteiger partial charge is 0.255 e. The largest absolute Gasteiger partial charge is 0.322 e. The quantitative estimate of drug-likeness (QED) is 0.804. The van der Waals surface area contributed by atoms with Gasteiger partial charge in [0.15, 0.2) is 5.75 Å². The van der Waals surface area contributed by atoms with E-state index in [1.807, 2.05) is 0 Å². The minimum absolute atomic E-state index is 0.0154. The van der Waals surface area contributed by atoms with Crippen LogP contribution in [-0.4, -0.2) is 28.7 Å². The molecule has 0 radical (unpaired) electrons. The van der Waals surface area contributed by atoms with Crippen LogP contribution in [0.3, 0.4) is 0 Å². The summed E-state index contributed by atoms with van der Waals surface area (Å²) in [5.74, 6) is -1.07. The molecule has 1 atom stereocenters. The molecule has 0 aromatic heterocycles. The summed E-state index contributed by atoms with van der Waals surface area (Å²) in [6.07, 6.45) is 6.34. The van der Waals surface area contributed by atoms with Crippen LogP contribution in [-0.2, 0) is 16.1 Å². The van der Waals surface area contributed by atoms with Crippen LogP contribution in [0.1, 0.15) is 68.3 Å². The van der Waals surface area contributed by atoms with E-state index < -0.39 is 11.9 Å². The minimum atomic E-state index is -0.664. The molecule has 3 amide bonds. The molecule has 146 valence electrons. The molecule has 6 nitrogen and oxygen atoms in total. The Morgan fingerprint density at radius 1 is 1.19 bits per heavy atom. The normalized spacial score (nSPS) is 23.4. The van der Waals surface area contributed by atoms with Crippen LogP contribution in [0.2, 0.25) is 0 Å². The van der Waals surface area contributed by atoms with Crippen molar-refractivity contribution in [3.8, 4) is 5.75 Å². The number of halogens is 1. The van der Waals surface area contributed by atoms with Crippen molar-refractivity contribution in [1.82, 2.24) is 10.2 Å². The van der Waals surface area contributed by atoms with Crippen molar-refractivity contribution in [1.29, 1.82) is 0 Å². The van der Waals surface area contributed by atoms with Crippen LogP contribution in [0.4, 0.5) is 4.53 Å². The number of amides is 3.